The zero-order valence-electron chi connectivity index (χ0n) is 17.3. The Balaban J connectivity index is 1.60. The molecule has 2 fully saturated rings. The van der Waals surface area contributed by atoms with E-state index in [1.54, 1.807) is 12.3 Å². The molecule has 1 amide bonds. The number of hydrogen-bond donors (Lipinski definition) is 4. The van der Waals surface area contributed by atoms with E-state index in [2.05, 4.69) is 25.5 Å². The predicted molar refractivity (Wildman–Crippen MR) is 117 cm³/mol. The van der Waals surface area contributed by atoms with E-state index < -0.39 is 11.7 Å². The number of rotatable bonds is 6. The fourth-order valence-electron chi connectivity index (χ4n) is 3.99. The van der Waals surface area contributed by atoms with E-state index in [4.69, 9.17) is 16.2 Å². The van der Waals surface area contributed by atoms with Gasteiger partial charge in [-0.3, -0.25) is 4.79 Å². The molecule has 1 aliphatic heterocycles. The molecule has 1 saturated carbocycles. The lowest BCUT2D eigenvalue weighted by atomic mass is 9.91. The first-order valence-electron chi connectivity index (χ1n) is 10.6. The zero-order valence-corrected chi connectivity index (χ0v) is 17.3. The number of hydrogen-bond acceptors (Lipinski definition) is 8. The van der Waals surface area contributed by atoms with Gasteiger partial charge in [0.25, 0.3) is 5.91 Å². The molecule has 31 heavy (non-hydrogen) atoms. The number of amides is 1. The van der Waals surface area contributed by atoms with Gasteiger partial charge in [0.05, 0.1) is 18.8 Å². The number of primary amides is 1. The molecule has 2 atom stereocenters. The van der Waals surface area contributed by atoms with E-state index in [9.17, 15) is 9.18 Å². The van der Waals surface area contributed by atoms with Crippen molar-refractivity contribution in [1.82, 2.24) is 9.97 Å². The van der Waals surface area contributed by atoms with Gasteiger partial charge in [-0.1, -0.05) is 12.8 Å². The number of nitrogens with one attached hydrogen (secondary N) is 2. The summed E-state index contributed by atoms with van der Waals surface area (Å²) in [7, 11) is 0. The zero-order chi connectivity index (χ0) is 21.8. The molecule has 3 heterocycles. The molecular formula is C21H28FN7O2. The van der Waals surface area contributed by atoms with Crippen molar-refractivity contribution in [3.05, 3.63) is 35.8 Å². The highest BCUT2D eigenvalue weighted by Gasteiger charge is 2.24. The van der Waals surface area contributed by atoms with Gasteiger partial charge in [0.2, 0.25) is 0 Å². The molecule has 0 spiro atoms. The van der Waals surface area contributed by atoms with Crippen LogP contribution in [0.25, 0.3) is 0 Å². The van der Waals surface area contributed by atoms with Gasteiger partial charge < -0.3 is 31.7 Å². The summed E-state index contributed by atoms with van der Waals surface area (Å²) >= 11 is 0. The van der Waals surface area contributed by atoms with Crippen molar-refractivity contribution in [2.45, 2.75) is 37.8 Å². The highest BCUT2D eigenvalue weighted by molar-refractivity contribution is 5.98. The summed E-state index contributed by atoms with van der Waals surface area (Å²) in [5.41, 5.74) is 12.3. The summed E-state index contributed by atoms with van der Waals surface area (Å²) in [6.45, 7) is 2.77. The normalized spacial score (nSPS) is 21.5. The average molecular weight is 430 g/mol. The Morgan fingerprint density at radius 3 is 2.71 bits per heavy atom. The van der Waals surface area contributed by atoms with Crippen LogP contribution >= 0.6 is 0 Å². The summed E-state index contributed by atoms with van der Waals surface area (Å²) < 4.78 is 20.1. The van der Waals surface area contributed by atoms with Crippen LogP contribution in [-0.2, 0) is 4.74 Å². The van der Waals surface area contributed by atoms with Crippen LogP contribution in [0.3, 0.4) is 0 Å². The average Bonchev–Trinajstić information content (AvgIpc) is 2.78. The van der Waals surface area contributed by atoms with E-state index in [1.807, 2.05) is 6.07 Å². The largest absolute Gasteiger partial charge is 0.378 e. The van der Waals surface area contributed by atoms with Crippen LogP contribution in [0, 0.1) is 5.82 Å². The lowest BCUT2D eigenvalue weighted by molar-refractivity contribution is 0.100. The van der Waals surface area contributed by atoms with Gasteiger partial charge in [-0.05, 0) is 25.0 Å². The first kappa shape index (κ1) is 21.3. The van der Waals surface area contributed by atoms with Gasteiger partial charge in [0.15, 0.2) is 11.6 Å². The Morgan fingerprint density at radius 2 is 1.97 bits per heavy atom. The number of carbonyl (C=O) groups is 1. The van der Waals surface area contributed by atoms with Crippen molar-refractivity contribution >= 4 is 29.0 Å². The maximum absolute atomic E-state index is 14.7. The Morgan fingerprint density at radius 1 is 1.19 bits per heavy atom. The van der Waals surface area contributed by atoms with Crippen molar-refractivity contribution in [2.75, 3.05) is 41.8 Å². The molecule has 0 radical (unpaired) electrons. The van der Waals surface area contributed by atoms with Crippen molar-refractivity contribution < 1.29 is 13.9 Å². The fourth-order valence-corrected chi connectivity index (χ4v) is 3.99. The molecule has 9 nitrogen and oxygen atoms in total. The predicted octanol–water partition coefficient (Wildman–Crippen LogP) is 1.98. The number of nitrogens with zero attached hydrogens (tertiary/aromatic N) is 3. The summed E-state index contributed by atoms with van der Waals surface area (Å²) in [6.07, 6.45) is 5.48. The van der Waals surface area contributed by atoms with Gasteiger partial charge in [-0.2, -0.15) is 0 Å². The molecule has 10 heteroatoms. The van der Waals surface area contributed by atoms with E-state index in [0.717, 1.165) is 50.7 Å². The van der Waals surface area contributed by atoms with Crippen molar-refractivity contribution in [1.29, 1.82) is 0 Å². The molecule has 0 unspecified atom stereocenters. The summed E-state index contributed by atoms with van der Waals surface area (Å²) in [5, 5.41) is 6.22. The third kappa shape index (κ3) is 5.02. The van der Waals surface area contributed by atoms with E-state index in [0.29, 0.717) is 18.9 Å². The monoisotopic (exact) mass is 429 g/mol. The lowest BCUT2D eigenvalue weighted by Gasteiger charge is -2.30. The first-order chi connectivity index (χ1) is 15.0. The van der Waals surface area contributed by atoms with Gasteiger partial charge in [-0.15, -0.1) is 0 Å². The fraction of sp³-hybridized carbons (Fsp3) is 0.476. The third-order valence-electron chi connectivity index (χ3n) is 5.73. The van der Waals surface area contributed by atoms with Gasteiger partial charge in [0.1, 0.15) is 11.6 Å². The number of pyridine rings is 2. The number of halogens is 1. The number of aromatic nitrogens is 2. The van der Waals surface area contributed by atoms with Gasteiger partial charge in [0, 0.05) is 43.1 Å². The maximum atomic E-state index is 14.7. The lowest BCUT2D eigenvalue weighted by Crippen LogP contribution is -2.43. The van der Waals surface area contributed by atoms with Crippen molar-refractivity contribution in [3.8, 4) is 0 Å². The molecule has 0 aromatic carbocycles. The van der Waals surface area contributed by atoms with Crippen LogP contribution in [-0.4, -0.2) is 54.3 Å². The van der Waals surface area contributed by atoms with Gasteiger partial charge in [-0.25, -0.2) is 14.4 Å². The topological polar surface area (TPSA) is 131 Å². The second kappa shape index (κ2) is 9.44. The van der Waals surface area contributed by atoms with Crippen molar-refractivity contribution in [2.24, 2.45) is 11.5 Å². The van der Waals surface area contributed by atoms with Crippen molar-refractivity contribution in [3.63, 3.8) is 0 Å². The van der Waals surface area contributed by atoms with Crippen LogP contribution in [0.15, 0.2) is 24.4 Å². The maximum Gasteiger partial charge on any atom is 0.252 e. The molecule has 0 bridgehead atoms. The van der Waals surface area contributed by atoms with Crippen LogP contribution in [0.4, 0.5) is 27.5 Å². The van der Waals surface area contributed by atoms with Crippen LogP contribution in [0.2, 0.25) is 0 Å². The molecule has 6 N–H and O–H groups in total. The van der Waals surface area contributed by atoms with Crippen LogP contribution < -0.4 is 27.0 Å². The van der Waals surface area contributed by atoms with E-state index in [-0.39, 0.29) is 29.3 Å². The SMILES string of the molecule is NC(=O)c1cc(F)c(N[C@@H]2CCCC[C@@H]2N)nc1Nc1ccnc(N2CCOCC2)c1. The second-order valence-corrected chi connectivity index (χ2v) is 7.91. The Hall–Kier alpha value is -2.98. The summed E-state index contributed by atoms with van der Waals surface area (Å²) in [5.74, 6) is -0.391. The first-order valence-corrected chi connectivity index (χ1v) is 10.6. The third-order valence-corrected chi connectivity index (χ3v) is 5.73. The van der Waals surface area contributed by atoms with E-state index in [1.165, 1.54) is 0 Å². The van der Waals surface area contributed by atoms with Crippen LogP contribution in [0.1, 0.15) is 36.0 Å². The number of carbonyl (C=O) groups excluding carboxylic acids is 1. The number of ether oxygens (including phenoxy) is 1. The Bertz CT molecular complexity index is 936. The summed E-state index contributed by atoms with van der Waals surface area (Å²) in [4.78, 5) is 22.8. The number of nitrogens with two attached hydrogens (primary N) is 2. The smallest absolute Gasteiger partial charge is 0.252 e. The highest BCUT2D eigenvalue weighted by atomic mass is 19.1. The quantitative estimate of drug-likeness (QED) is 0.548. The molecule has 1 saturated heterocycles. The molecular weight excluding hydrogens is 401 g/mol. The minimum atomic E-state index is -0.766. The Labute approximate surface area is 180 Å². The molecule has 1 aliphatic carbocycles. The molecule has 2 aromatic rings. The number of morpholine rings is 1. The van der Waals surface area contributed by atoms with E-state index >= 15 is 0 Å². The second-order valence-electron chi connectivity index (χ2n) is 7.91. The standard InChI is InChI=1S/C21H28FN7O2/c22-15-12-14(19(24)30)20(28-21(15)27-17-4-2-1-3-16(17)23)26-13-5-6-25-18(11-13)29-7-9-31-10-8-29/h5-6,11-12,16-17H,1-4,7-10,23H2,(H2,24,30)(H2,25,26,27,28)/t16-,17+/m0/s1. The minimum absolute atomic E-state index is 0.0271. The molecule has 166 valence electrons. The molecule has 4 rings (SSSR count). The highest BCUT2D eigenvalue weighted by Crippen LogP contribution is 2.27. The number of anilines is 4. The van der Waals surface area contributed by atoms with Crippen LogP contribution in [0.5, 0.6) is 0 Å². The molecule has 2 aromatic heterocycles. The minimum Gasteiger partial charge on any atom is -0.378 e. The molecule has 2 aliphatic rings. The summed E-state index contributed by atoms with van der Waals surface area (Å²) in [6, 6.07) is 4.57. The van der Waals surface area contributed by atoms with Gasteiger partial charge >= 0.3 is 0 Å². The Kier molecular flexibility index (Phi) is 6.47.